The first kappa shape index (κ1) is 20.5. The molecular weight excluding hydrogens is 360 g/mol. The van der Waals surface area contributed by atoms with Crippen molar-refractivity contribution in [1.29, 1.82) is 0 Å². The Labute approximate surface area is 165 Å². The molecule has 2 heterocycles. The zero-order valence-electron chi connectivity index (χ0n) is 16.8. The Balaban J connectivity index is 1.56. The summed E-state index contributed by atoms with van der Waals surface area (Å²) in [6, 6.07) is 6.62. The van der Waals surface area contributed by atoms with Gasteiger partial charge in [0, 0.05) is 18.8 Å². The third kappa shape index (κ3) is 4.79. The molecule has 28 heavy (non-hydrogen) atoms. The molecule has 9 nitrogen and oxygen atoms in total. The molecule has 154 valence electrons. The van der Waals surface area contributed by atoms with Gasteiger partial charge < -0.3 is 15.4 Å². The van der Waals surface area contributed by atoms with Gasteiger partial charge in [-0.05, 0) is 37.1 Å². The van der Waals surface area contributed by atoms with Crippen molar-refractivity contribution in [3.63, 3.8) is 0 Å². The molecular formula is C19H30N6O3. The van der Waals surface area contributed by atoms with Crippen molar-refractivity contribution in [3.8, 4) is 5.75 Å². The summed E-state index contributed by atoms with van der Waals surface area (Å²) in [5.41, 5.74) is 3.98. The van der Waals surface area contributed by atoms with E-state index in [2.05, 4.69) is 45.5 Å². The maximum Gasteiger partial charge on any atom is 0.241 e. The Hall–Kier alpha value is -2.20. The van der Waals surface area contributed by atoms with E-state index in [1.165, 1.54) is 0 Å². The molecule has 2 aliphatic rings. The van der Waals surface area contributed by atoms with E-state index in [9.17, 15) is 9.59 Å². The summed E-state index contributed by atoms with van der Waals surface area (Å²) in [4.78, 5) is 24.9. The molecule has 0 aromatic heterocycles. The van der Waals surface area contributed by atoms with Crippen molar-refractivity contribution < 1.29 is 14.3 Å². The van der Waals surface area contributed by atoms with Crippen molar-refractivity contribution in [2.75, 3.05) is 25.5 Å². The Kier molecular flexibility index (Phi) is 6.50. The van der Waals surface area contributed by atoms with Crippen LogP contribution < -0.4 is 31.4 Å². The van der Waals surface area contributed by atoms with Crippen LogP contribution in [0.3, 0.4) is 0 Å². The van der Waals surface area contributed by atoms with Crippen LogP contribution in [-0.4, -0.2) is 55.5 Å². The van der Waals surface area contributed by atoms with Gasteiger partial charge in [0.1, 0.15) is 12.0 Å². The number of carbonyl (C=O) groups excluding carboxylic acids is 2. The maximum absolute atomic E-state index is 12.5. The Morgan fingerprint density at radius 2 is 2.00 bits per heavy atom. The molecule has 0 saturated carbocycles. The lowest BCUT2D eigenvalue weighted by molar-refractivity contribution is -0.131. The van der Waals surface area contributed by atoms with E-state index in [0.717, 1.165) is 12.3 Å². The standard InChI is InChI=1S/C19H30N6O3/c1-11(2)10-25-16-15(9-20-25)18(27)24-19(23-16)21-12(3)17(26)22-13-5-7-14(28-4)8-6-13/h5-8,11-12,15-16,19-21,23H,9-10H2,1-4H3,(H,22,26)(H,24,27). The number of carbonyl (C=O) groups is 2. The fourth-order valence-corrected chi connectivity index (χ4v) is 3.46. The van der Waals surface area contributed by atoms with Gasteiger partial charge in [0.2, 0.25) is 11.8 Å². The van der Waals surface area contributed by atoms with Crippen LogP contribution in [0.25, 0.3) is 0 Å². The lowest BCUT2D eigenvalue weighted by Crippen LogP contribution is -2.70. The SMILES string of the molecule is COc1ccc(NC(=O)C(C)NC2NC(=O)C3CNN(CC(C)C)C3N2)cc1. The van der Waals surface area contributed by atoms with E-state index in [1.54, 1.807) is 38.3 Å². The van der Waals surface area contributed by atoms with Gasteiger partial charge in [-0.3, -0.25) is 25.6 Å². The van der Waals surface area contributed by atoms with Crippen molar-refractivity contribution in [3.05, 3.63) is 24.3 Å². The van der Waals surface area contributed by atoms with Crippen LogP contribution in [0, 0.1) is 11.8 Å². The number of hydrogen-bond acceptors (Lipinski definition) is 7. The van der Waals surface area contributed by atoms with E-state index in [-0.39, 0.29) is 23.9 Å². The van der Waals surface area contributed by atoms with Crippen LogP contribution in [0.2, 0.25) is 0 Å². The van der Waals surface area contributed by atoms with Gasteiger partial charge in [0.25, 0.3) is 0 Å². The van der Waals surface area contributed by atoms with Gasteiger partial charge in [-0.1, -0.05) is 13.8 Å². The highest BCUT2D eigenvalue weighted by molar-refractivity contribution is 5.94. The van der Waals surface area contributed by atoms with Crippen molar-refractivity contribution in [2.24, 2.45) is 11.8 Å². The molecule has 0 bridgehead atoms. The Bertz CT molecular complexity index is 695. The maximum atomic E-state index is 12.5. The summed E-state index contributed by atoms with van der Waals surface area (Å²) in [6.45, 7) is 7.48. The van der Waals surface area contributed by atoms with Crippen LogP contribution in [0.4, 0.5) is 5.69 Å². The van der Waals surface area contributed by atoms with E-state index < -0.39 is 12.3 Å². The van der Waals surface area contributed by atoms with E-state index >= 15 is 0 Å². The van der Waals surface area contributed by atoms with Crippen LogP contribution >= 0.6 is 0 Å². The summed E-state index contributed by atoms with van der Waals surface area (Å²) >= 11 is 0. The topological polar surface area (TPSA) is 107 Å². The zero-order valence-corrected chi connectivity index (χ0v) is 16.8. The number of nitrogens with zero attached hydrogens (tertiary/aromatic N) is 1. The molecule has 3 rings (SSSR count). The third-order valence-electron chi connectivity index (χ3n) is 4.92. The van der Waals surface area contributed by atoms with Crippen LogP contribution in [0.5, 0.6) is 5.75 Å². The summed E-state index contributed by atoms with van der Waals surface area (Å²) < 4.78 is 5.12. The van der Waals surface area contributed by atoms with Crippen LogP contribution in [0.1, 0.15) is 20.8 Å². The quantitative estimate of drug-likeness (QED) is 0.447. The fraction of sp³-hybridized carbons (Fsp3) is 0.579. The Morgan fingerprint density at radius 3 is 2.64 bits per heavy atom. The summed E-state index contributed by atoms with van der Waals surface area (Å²) in [6.07, 6.45) is -0.592. The molecule has 4 atom stereocenters. The average molecular weight is 390 g/mol. The van der Waals surface area contributed by atoms with Gasteiger partial charge >= 0.3 is 0 Å². The minimum atomic E-state index is -0.510. The number of nitrogens with one attached hydrogen (secondary N) is 5. The largest absolute Gasteiger partial charge is 0.497 e. The van der Waals surface area contributed by atoms with Crippen molar-refractivity contribution in [1.82, 2.24) is 26.4 Å². The van der Waals surface area contributed by atoms with Crippen molar-refractivity contribution in [2.45, 2.75) is 39.3 Å². The van der Waals surface area contributed by atoms with Gasteiger partial charge in [-0.25, -0.2) is 5.01 Å². The van der Waals surface area contributed by atoms with Gasteiger partial charge in [-0.15, -0.1) is 0 Å². The number of hydrazine groups is 1. The van der Waals surface area contributed by atoms with Crippen LogP contribution in [-0.2, 0) is 9.59 Å². The average Bonchev–Trinajstić information content (AvgIpc) is 3.05. The number of ether oxygens (including phenoxy) is 1. The Morgan fingerprint density at radius 1 is 1.29 bits per heavy atom. The molecule has 4 unspecified atom stereocenters. The predicted octanol–water partition coefficient (Wildman–Crippen LogP) is 0.0333. The molecule has 1 aromatic carbocycles. The first-order valence-corrected chi connectivity index (χ1v) is 9.65. The normalized spacial score (nSPS) is 25.9. The number of fused-ring (bicyclic) bond motifs is 1. The molecule has 9 heteroatoms. The summed E-state index contributed by atoms with van der Waals surface area (Å²) in [5.74, 6) is 0.831. The summed E-state index contributed by atoms with van der Waals surface area (Å²) in [5, 5.41) is 14.4. The first-order valence-electron chi connectivity index (χ1n) is 9.65. The molecule has 5 N–H and O–H groups in total. The zero-order chi connectivity index (χ0) is 20.3. The molecule has 0 aliphatic carbocycles. The monoisotopic (exact) mass is 390 g/mol. The minimum Gasteiger partial charge on any atom is -0.497 e. The number of methoxy groups -OCH3 is 1. The molecule has 1 aromatic rings. The highest BCUT2D eigenvalue weighted by atomic mass is 16.5. The molecule has 2 saturated heterocycles. The lowest BCUT2D eigenvalue weighted by atomic mass is 10.0. The second-order valence-corrected chi connectivity index (χ2v) is 7.67. The minimum absolute atomic E-state index is 0.0252. The smallest absolute Gasteiger partial charge is 0.241 e. The highest BCUT2D eigenvalue weighted by Gasteiger charge is 2.44. The number of amides is 2. The van der Waals surface area contributed by atoms with Gasteiger partial charge in [0.05, 0.1) is 25.2 Å². The first-order chi connectivity index (χ1) is 13.4. The second-order valence-electron chi connectivity index (χ2n) is 7.67. The molecule has 0 radical (unpaired) electrons. The molecule has 2 amide bonds. The summed E-state index contributed by atoms with van der Waals surface area (Å²) in [7, 11) is 1.60. The number of rotatable bonds is 7. The van der Waals surface area contributed by atoms with E-state index in [1.807, 2.05) is 0 Å². The number of anilines is 1. The van der Waals surface area contributed by atoms with Crippen LogP contribution in [0.15, 0.2) is 24.3 Å². The molecule has 2 fully saturated rings. The van der Waals surface area contributed by atoms with E-state index in [0.29, 0.717) is 18.2 Å². The third-order valence-corrected chi connectivity index (χ3v) is 4.92. The highest BCUT2D eigenvalue weighted by Crippen LogP contribution is 2.19. The van der Waals surface area contributed by atoms with Crippen molar-refractivity contribution >= 4 is 17.5 Å². The van der Waals surface area contributed by atoms with E-state index in [4.69, 9.17) is 4.74 Å². The fourth-order valence-electron chi connectivity index (χ4n) is 3.46. The predicted molar refractivity (Wildman–Crippen MR) is 106 cm³/mol. The lowest BCUT2D eigenvalue weighted by Gasteiger charge is -2.38. The number of hydrogen-bond donors (Lipinski definition) is 5. The molecule has 2 aliphatic heterocycles. The van der Waals surface area contributed by atoms with Gasteiger partial charge in [0.15, 0.2) is 0 Å². The van der Waals surface area contributed by atoms with Gasteiger partial charge in [-0.2, -0.15) is 0 Å². The molecule has 0 spiro atoms. The number of benzene rings is 1. The second kappa shape index (κ2) is 8.87.